The lowest BCUT2D eigenvalue weighted by atomic mass is 9.85. The fraction of sp³-hybridized carbons (Fsp3) is 0.588. The molecular formula is C17H25FN2O3. The predicted octanol–water partition coefficient (Wildman–Crippen LogP) is 2.54. The van der Waals surface area contributed by atoms with Crippen molar-refractivity contribution < 1.29 is 18.7 Å². The van der Waals surface area contributed by atoms with Crippen LogP contribution in [-0.4, -0.2) is 26.2 Å². The number of carbonyl (C=O) groups is 1. The Kier molecular flexibility index (Phi) is 5.82. The fourth-order valence-electron chi connectivity index (χ4n) is 3.08. The third-order valence-electron chi connectivity index (χ3n) is 4.41. The monoisotopic (exact) mass is 324 g/mol. The minimum absolute atomic E-state index is 0.0677. The summed E-state index contributed by atoms with van der Waals surface area (Å²) in [5.74, 6) is 0.164. The number of nitrogens with two attached hydrogens (primary N) is 1. The van der Waals surface area contributed by atoms with E-state index >= 15 is 0 Å². The van der Waals surface area contributed by atoms with E-state index in [0.29, 0.717) is 23.5 Å². The van der Waals surface area contributed by atoms with Gasteiger partial charge in [0.25, 0.3) is 0 Å². The molecule has 0 radical (unpaired) electrons. The van der Waals surface area contributed by atoms with Gasteiger partial charge in [-0.2, -0.15) is 0 Å². The molecule has 1 fully saturated rings. The topological polar surface area (TPSA) is 73.6 Å². The Balaban J connectivity index is 2.10. The van der Waals surface area contributed by atoms with Crippen molar-refractivity contribution in [1.82, 2.24) is 5.32 Å². The Morgan fingerprint density at radius 1 is 1.30 bits per heavy atom. The van der Waals surface area contributed by atoms with Crippen molar-refractivity contribution in [2.75, 3.05) is 14.2 Å². The maximum Gasteiger partial charge on any atom is 0.223 e. The van der Waals surface area contributed by atoms with Crippen LogP contribution in [-0.2, 0) is 4.79 Å². The number of hydrogen-bond donors (Lipinski definition) is 2. The number of rotatable bonds is 5. The molecule has 0 saturated heterocycles. The first kappa shape index (κ1) is 17.5. The summed E-state index contributed by atoms with van der Waals surface area (Å²) in [7, 11) is 2.95. The molecule has 0 aromatic heterocycles. The van der Waals surface area contributed by atoms with Crippen LogP contribution in [0.25, 0.3) is 0 Å². The van der Waals surface area contributed by atoms with Crippen LogP contribution in [0, 0.1) is 11.7 Å². The normalized spacial score (nSPS) is 22.3. The minimum Gasteiger partial charge on any atom is -0.493 e. The molecule has 2 rings (SSSR count). The molecule has 6 heteroatoms. The van der Waals surface area contributed by atoms with Crippen molar-refractivity contribution in [2.24, 2.45) is 11.7 Å². The van der Waals surface area contributed by atoms with E-state index < -0.39 is 11.9 Å². The molecular weight excluding hydrogens is 299 g/mol. The average Bonchev–Trinajstić information content (AvgIpc) is 2.54. The molecule has 1 aliphatic carbocycles. The van der Waals surface area contributed by atoms with Gasteiger partial charge in [0.15, 0.2) is 11.5 Å². The summed E-state index contributed by atoms with van der Waals surface area (Å²) in [6.07, 6.45) is 3.44. The fourth-order valence-corrected chi connectivity index (χ4v) is 3.08. The van der Waals surface area contributed by atoms with Crippen LogP contribution in [0.5, 0.6) is 11.5 Å². The largest absolute Gasteiger partial charge is 0.493 e. The van der Waals surface area contributed by atoms with Gasteiger partial charge in [0.05, 0.1) is 20.3 Å². The molecule has 5 nitrogen and oxygen atoms in total. The van der Waals surface area contributed by atoms with Crippen LogP contribution in [0.3, 0.4) is 0 Å². The van der Waals surface area contributed by atoms with Gasteiger partial charge in [-0.1, -0.05) is 6.42 Å². The molecule has 3 unspecified atom stereocenters. The van der Waals surface area contributed by atoms with Crippen LogP contribution in [0.4, 0.5) is 4.39 Å². The maximum atomic E-state index is 14.3. The van der Waals surface area contributed by atoms with Gasteiger partial charge in [-0.15, -0.1) is 0 Å². The van der Waals surface area contributed by atoms with Crippen molar-refractivity contribution >= 4 is 5.91 Å². The van der Waals surface area contributed by atoms with Crippen LogP contribution >= 0.6 is 0 Å². The standard InChI is InChI=1S/C17H25FN2O3/c1-10(20-17(21)11-5-4-6-12(19)7-11)13-8-15(22-2)16(23-3)9-14(13)18/h8-12H,4-7,19H2,1-3H3,(H,20,21). The lowest BCUT2D eigenvalue weighted by molar-refractivity contribution is -0.126. The van der Waals surface area contributed by atoms with E-state index in [1.165, 1.54) is 20.3 Å². The van der Waals surface area contributed by atoms with E-state index in [1.807, 2.05) is 0 Å². The Morgan fingerprint density at radius 3 is 2.57 bits per heavy atom. The van der Waals surface area contributed by atoms with Gasteiger partial charge in [0.1, 0.15) is 5.82 Å². The summed E-state index contributed by atoms with van der Waals surface area (Å²) in [6, 6.07) is 2.45. The molecule has 0 aliphatic heterocycles. The second-order valence-electron chi connectivity index (χ2n) is 6.08. The minimum atomic E-state index is -0.458. The number of carbonyl (C=O) groups excluding carboxylic acids is 1. The summed E-state index contributed by atoms with van der Waals surface area (Å²) >= 11 is 0. The van der Waals surface area contributed by atoms with E-state index in [2.05, 4.69) is 5.32 Å². The number of hydrogen-bond acceptors (Lipinski definition) is 4. The first-order valence-electron chi connectivity index (χ1n) is 7.93. The van der Waals surface area contributed by atoms with Crippen molar-refractivity contribution in [3.8, 4) is 11.5 Å². The zero-order valence-electron chi connectivity index (χ0n) is 13.9. The molecule has 3 N–H and O–H groups in total. The summed E-state index contributed by atoms with van der Waals surface area (Å²) in [4.78, 5) is 12.4. The Labute approximate surface area is 136 Å². The SMILES string of the molecule is COc1cc(F)c(C(C)NC(=O)C2CCCC(N)C2)cc1OC. The molecule has 1 aromatic rings. The van der Waals surface area contributed by atoms with E-state index in [9.17, 15) is 9.18 Å². The highest BCUT2D eigenvalue weighted by Gasteiger charge is 2.27. The molecule has 0 bridgehead atoms. The first-order valence-corrected chi connectivity index (χ1v) is 7.93. The number of ether oxygens (including phenoxy) is 2. The van der Waals surface area contributed by atoms with Crippen LogP contribution in [0.2, 0.25) is 0 Å². The first-order chi connectivity index (χ1) is 11.0. The van der Waals surface area contributed by atoms with E-state index in [4.69, 9.17) is 15.2 Å². The molecule has 3 atom stereocenters. The third kappa shape index (κ3) is 4.13. The van der Waals surface area contributed by atoms with E-state index in [1.54, 1.807) is 13.0 Å². The van der Waals surface area contributed by atoms with Crippen molar-refractivity contribution in [3.63, 3.8) is 0 Å². The average molecular weight is 324 g/mol. The highest BCUT2D eigenvalue weighted by molar-refractivity contribution is 5.79. The number of benzene rings is 1. The Hall–Kier alpha value is -1.82. The second-order valence-corrected chi connectivity index (χ2v) is 6.08. The van der Waals surface area contributed by atoms with Crippen molar-refractivity contribution in [2.45, 2.75) is 44.7 Å². The Bertz CT molecular complexity index is 565. The molecule has 1 aromatic carbocycles. The summed E-state index contributed by atoms with van der Waals surface area (Å²) < 4.78 is 24.5. The number of methoxy groups -OCH3 is 2. The van der Waals surface area contributed by atoms with Gasteiger partial charge in [0, 0.05) is 23.6 Å². The zero-order valence-corrected chi connectivity index (χ0v) is 13.9. The number of halogens is 1. The Morgan fingerprint density at radius 2 is 1.96 bits per heavy atom. The van der Waals surface area contributed by atoms with Crippen LogP contribution in [0.1, 0.15) is 44.2 Å². The lowest BCUT2D eigenvalue weighted by Gasteiger charge is -2.27. The van der Waals surface area contributed by atoms with E-state index in [0.717, 1.165) is 19.3 Å². The highest BCUT2D eigenvalue weighted by Crippen LogP contribution is 2.32. The van der Waals surface area contributed by atoms with Gasteiger partial charge in [-0.3, -0.25) is 4.79 Å². The quantitative estimate of drug-likeness (QED) is 0.873. The van der Waals surface area contributed by atoms with Gasteiger partial charge >= 0.3 is 0 Å². The molecule has 0 spiro atoms. The molecule has 1 aliphatic rings. The third-order valence-corrected chi connectivity index (χ3v) is 4.41. The summed E-state index contributed by atoms with van der Waals surface area (Å²) in [5.41, 5.74) is 6.30. The molecule has 0 heterocycles. The van der Waals surface area contributed by atoms with Crippen LogP contribution < -0.4 is 20.5 Å². The van der Waals surface area contributed by atoms with Crippen molar-refractivity contribution in [3.05, 3.63) is 23.5 Å². The van der Waals surface area contributed by atoms with Gasteiger partial charge in [-0.25, -0.2) is 4.39 Å². The molecule has 1 saturated carbocycles. The molecule has 23 heavy (non-hydrogen) atoms. The van der Waals surface area contributed by atoms with Crippen LogP contribution in [0.15, 0.2) is 12.1 Å². The van der Waals surface area contributed by atoms with Gasteiger partial charge < -0.3 is 20.5 Å². The zero-order chi connectivity index (χ0) is 17.0. The number of nitrogens with one attached hydrogen (secondary N) is 1. The number of amides is 1. The smallest absolute Gasteiger partial charge is 0.223 e. The molecule has 1 amide bonds. The molecule has 128 valence electrons. The maximum absolute atomic E-state index is 14.3. The van der Waals surface area contributed by atoms with Gasteiger partial charge in [-0.05, 0) is 32.3 Å². The highest BCUT2D eigenvalue weighted by atomic mass is 19.1. The summed E-state index contributed by atoms with van der Waals surface area (Å²) in [5, 5.41) is 2.89. The predicted molar refractivity (Wildman–Crippen MR) is 86.0 cm³/mol. The summed E-state index contributed by atoms with van der Waals surface area (Å²) in [6.45, 7) is 1.75. The second kappa shape index (κ2) is 7.64. The van der Waals surface area contributed by atoms with Crippen molar-refractivity contribution in [1.29, 1.82) is 0 Å². The van der Waals surface area contributed by atoms with Gasteiger partial charge in [0.2, 0.25) is 5.91 Å². The van der Waals surface area contributed by atoms with E-state index in [-0.39, 0.29) is 17.9 Å². The lowest BCUT2D eigenvalue weighted by Crippen LogP contribution is -2.38.